The summed E-state index contributed by atoms with van der Waals surface area (Å²) in [6, 6.07) is 5.02. The van der Waals surface area contributed by atoms with Crippen LogP contribution in [0.3, 0.4) is 0 Å². The normalized spacial score (nSPS) is 21.1. The van der Waals surface area contributed by atoms with Crippen molar-refractivity contribution in [2.45, 2.75) is 121 Å². The van der Waals surface area contributed by atoms with Gasteiger partial charge in [-0.1, -0.05) is 18.0 Å². The third kappa shape index (κ3) is 9.86. The molecule has 0 radical (unpaired) electrons. The Morgan fingerprint density at radius 2 is 1.90 bits per heavy atom. The first-order valence-corrected chi connectivity index (χ1v) is 18.2. The molecule has 2 fully saturated rings. The number of amides is 2. The molecule has 1 saturated carbocycles. The number of pyridine rings is 1. The molecule has 4 heterocycles. The molecule has 0 aromatic carbocycles. The molecule has 5 rings (SSSR count). The maximum Gasteiger partial charge on any atom is 0.410 e. The van der Waals surface area contributed by atoms with Crippen molar-refractivity contribution >= 4 is 41.4 Å². The molecule has 2 amide bonds. The lowest BCUT2D eigenvalue weighted by molar-refractivity contribution is -0.189. The van der Waals surface area contributed by atoms with Crippen LogP contribution < -0.4 is 15.2 Å². The Morgan fingerprint density at radius 3 is 2.58 bits per heavy atom. The number of carbonyl (C=O) groups excluding carboxylic acids is 2. The van der Waals surface area contributed by atoms with Crippen LogP contribution in [0.25, 0.3) is 0 Å². The molecule has 2 aromatic rings. The van der Waals surface area contributed by atoms with Crippen molar-refractivity contribution in [2.75, 3.05) is 18.2 Å². The van der Waals surface area contributed by atoms with Crippen LogP contribution in [0.2, 0.25) is 5.15 Å². The number of hydrogen-bond donors (Lipinski definition) is 2. The van der Waals surface area contributed by atoms with Gasteiger partial charge in [-0.3, -0.25) is 19.2 Å². The molecule has 2 aromatic heterocycles. The third-order valence-electron chi connectivity index (χ3n) is 9.24. The van der Waals surface area contributed by atoms with Gasteiger partial charge in [-0.15, -0.1) is 0 Å². The Hall–Kier alpha value is -3.01. The van der Waals surface area contributed by atoms with Gasteiger partial charge < -0.3 is 14.4 Å². The predicted octanol–water partition coefficient (Wildman–Crippen LogP) is 7.88. The second kappa shape index (κ2) is 15.3. The number of halogens is 4. The molecular weight excluding hydrogens is 695 g/mol. The number of nitrogens with zero attached hydrogens (tertiary/aromatic N) is 5. The molecule has 2 unspecified atom stereocenters. The highest BCUT2D eigenvalue weighted by molar-refractivity contribution is 7.97. The summed E-state index contributed by atoms with van der Waals surface area (Å²) >= 11 is 7.45. The van der Waals surface area contributed by atoms with E-state index >= 15 is 0 Å². The van der Waals surface area contributed by atoms with E-state index in [-0.39, 0.29) is 48.2 Å². The molecule has 1 aliphatic carbocycles. The minimum Gasteiger partial charge on any atom is -0.444 e. The number of unbranched alkanes of at least 4 members (excludes halogenated alkanes) is 1. The van der Waals surface area contributed by atoms with E-state index in [0.717, 1.165) is 44.2 Å². The predicted molar refractivity (Wildman–Crippen MR) is 185 cm³/mol. The van der Waals surface area contributed by atoms with E-state index < -0.39 is 29.3 Å². The third-order valence-corrected chi connectivity index (χ3v) is 10.2. The maximum atomic E-state index is 13.1. The lowest BCUT2D eigenvalue weighted by Crippen LogP contribution is -2.45. The number of nitrogens with one attached hydrogen (secondary N) is 2. The topological polar surface area (TPSA) is 114 Å². The van der Waals surface area contributed by atoms with Crippen molar-refractivity contribution in [3.63, 3.8) is 0 Å². The van der Waals surface area contributed by atoms with Crippen LogP contribution >= 0.6 is 23.5 Å². The number of ether oxygens (including phenoxy) is 2. The van der Waals surface area contributed by atoms with Gasteiger partial charge in [0.25, 0.3) is 5.91 Å². The summed E-state index contributed by atoms with van der Waals surface area (Å²) in [6.07, 6.45) is 5.02. The average molecular weight is 742 g/mol. The highest BCUT2D eigenvalue weighted by Gasteiger charge is 2.62. The molecule has 2 atom stereocenters. The van der Waals surface area contributed by atoms with Crippen LogP contribution in [0.15, 0.2) is 41.7 Å². The van der Waals surface area contributed by atoms with Crippen LogP contribution in [0.4, 0.5) is 23.8 Å². The highest BCUT2D eigenvalue weighted by atomic mass is 35.5. The van der Waals surface area contributed by atoms with E-state index in [1.54, 1.807) is 29.4 Å². The molecule has 11 nitrogen and oxygen atoms in total. The minimum atomic E-state index is -4.16. The maximum absolute atomic E-state index is 13.1. The van der Waals surface area contributed by atoms with E-state index in [1.165, 1.54) is 0 Å². The number of carbonyl (C=O) groups is 2. The van der Waals surface area contributed by atoms with Crippen LogP contribution in [0.1, 0.15) is 96.3 Å². The Labute approximate surface area is 300 Å². The largest absolute Gasteiger partial charge is 0.444 e. The molecule has 16 heteroatoms. The smallest absolute Gasteiger partial charge is 0.410 e. The Kier molecular flexibility index (Phi) is 11.7. The number of rotatable bonds is 14. The first-order chi connectivity index (χ1) is 23.4. The van der Waals surface area contributed by atoms with Gasteiger partial charge in [-0.25, -0.2) is 9.78 Å². The monoisotopic (exact) mass is 741 g/mol. The molecular formula is C34H47ClF3N7O4S. The van der Waals surface area contributed by atoms with E-state index in [2.05, 4.69) is 34.1 Å². The molecule has 50 heavy (non-hydrogen) atoms. The van der Waals surface area contributed by atoms with Crippen LogP contribution in [-0.4, -0.2) is 68.4 Å². The van der Waals surface area contributed by atoms with Crippen molar-refractivity contribution < 1.29 is 32.2 Å². The number of alkyl halides is 3. The average Bonchev–Trinajstić information content (AvgIpc) is 3.32. The zero-order valence-corrected chi connectivity index (χ0v) is 30.8. The van der Waals surface area contributed by atoms with E-state index in [4.69, 9.17) is 21.1 Å². The Bertz CT molecular complexity index is 1540. The van der Waals surface area contributed by atoms with Crippen molar-refractivity contribution in [1.82, 2.24) is 29.8 Å². The first kappa shape index (κ1) is 38.2. The van der Waals surface area contributed by atoms with Crippen molar-refractivity contribution in [1.29, 1.82) is 0 Å². The summed E-state index contributed by atoms with van der Waals surface area (Å²) in [5, 5.41) is 6.76. The quantitative estimate of drug-likeness (QED) is 0.113. The zero-order chi connectivity index (χ0) is 36.3. The van der Waals surface area contributed by atoms with Gasteiger partial charge in [0.1, 0.15) is 27.8 Å². The summed E-state index contributed by atoms with van der Waals surface area (Å²) in [6.45, 7) is 11.5. The fraction of sp³-hybridized carbons (Fsp3) is 0.647. The van der Waals surface area contributed by atoms with Gasteiger partial charge in [0.2, 0.25) is 0 Å². The molecule has 2 aliphatic heterocycles. The van der Waals surface area contributed by atoms with Gasteiger partial charge in [0.15, 0.2) is 0 Å². The number of aryl methyl sites for hydroxylation is 1. The second-order valence-corrected chi connectivity index (χ2v) is 16.1. The number of aromatic nitrogens is 3. The molecule has 3 aliphatic rings. The van der Waals surface area contributed by atoms with E-state index in [9.17, 15) is 22.8 Å². The summed E-state index contributed by atoms with van der Waals surface area (Å²) in [4.78, 5) is 31.8. The van der Waals surface area contributed by atoms with E-state index in [0.29, 0.717) is 29.7 Å². The van der Waals surface area contributed by atoms with Gasteiger partial charge in [-0.05, 0) is 110 Å². The number of likely N-dealkylation sites (tertiary alicyclic amines) is 1. The summed E-state index contributed by atoms with van der Waals surface area (Å²) in [5.74, 6) is 0.422. The van der Waals surface area contributed by atoms with Crippen LogP contribution in [0, 0.1) is 11.3 Å². The van der Waals surface area contributed by atoms with Crippen molar-refractivity contribution in [2.24, 2.45) is 11.3 Å². The highest BCUT2D eigenvalue weighted by Crippen LogP contribution is 2.60. The molecule has 0 bridgehead atoms. The van der Waals surface area contributed by atoms with Gasteiger partial charge in [0.05, 0.1) is 11.0 Å². The summed E-state index contributed by atoms with van der Waals surface area (Å²) < 4.78 is 55.3. The van der Waals surface area contributed by atoms with Gasteiger partial charge in [0, 0.05) is 49.6 Å². The molecule has 276 valence electrons. The molecule has 0 spiro atoms. The minimum absolute atomic E-state index is 0.00689. The Balaban J connectivity index is 0.993. The van der Waals surface area contributed by atoms with E-state index in [1.807, 2.05) is 42.6 Å². The number of hydrazine groups is 1. The first-order valence-electron chi connectivity index (χ1n) is 17.0. The van der Waals surface area contributed by atoms with Crippen molar-refractivity contribution in [3.05, 3.63) is 47.4 Å². The lowest BCUT2D eigenvalue weighted by atomic mass is 9.93. The lowest BCUT2D eigenvalue weighted by Gasteiger charge is -2.33. The van der Waals surface area contributed by atoms with Gasteiger partial charge >= 0.3 is 12.3 Å². The zero-order valence-electron chi connectivity index (χ0n) is 29.2. The van der Waals surface area contributed by atoms with Crippen LogP contribution in [-0.2, 0) is 16.0 Å². The summed E-state index contributed by atoms with van der Waals surface area (Å²) in [5.41, 5.74) is 0.958. The second-order valence-electron chi connectivity index (χ2n) is 14.9. The Morgan fingerprint density at radius 1 is 1.14 bits per heavy atom. The standard InChI is InChI=1S/C34H47ClF3N7O4S/c1-31(2,3)49-30(47)44-22-23(21-32(44,4)5)9-6-7-17-43-18-13-27(41-43)50-42-29(46)24-10-11-25(39-28(24)35)45-19-12-26(40-45)48-20-8-14-33(15-16-33)34(36,37)38/h10-13,18-19,23,26,40H,6-9,14-17,20-22H2,1-5H3,(H,42,46). The SMILES string of the molecule is CC(C)(C)OC(=O)N1CC(CCCCn2ccc(SNC(=O)c3ccc(N4C=CC(OCCCC5(C(F)(F)F)CC5)N4)nc3Cl)n2)CC1(C)C. The number of anilines is 1. The van der Waals surface area contributed by atoms with Gasteiger partial charge in [-0.2, -0.15) is 23.7 Å². The fourth-order valence-corrected chi connectivity index (χ4v) is 7.22. The fourth-order valence-electron chi connectivity index (χ4n) is 6.40. The molecule has 2 N–H and O–H groups in total. The molecule has 1 saturated heterocycles. The number of hydrogen-bond acceptors (Lipinski definition) is 9. The summed E-state index contributed by atoms with van der Waals surface area (Å²) in [7, 11) is 0. The van der Waals surface area contributed by atoms with Crippen LogP contribution in [0.5, 0.6) is 0 Å². The van der Waals surface area contributed by atoms with Crippen molar-refractivity contribution in [3.8, 4) is 0 Å².